The highest BCUT2D eigenvalue weighted by atomic mass is 35.5. The quantitative estimate of drug-likeness (QED) is 0.433. The summed E-state index contributed by atoms with van der Waals surface area (Å²) in [5.74, 6) is 0.333. The third-order valence-electron chi connectivity index (χ3n) is 4.49. The molecule has 2 rings (SSSR count). The predicted octanol–water partition coefficient (Wildman–Crippen LogP) is 3.29. The van der Waals surface area contributed by atoms with Crippen molar-refractivity contribution in [3.8, 4) is 11.5 Å². The zero-order chi connectivity index (χ0) is 24.1. The van der Waals surface area contributed by atoms with Gasteiger partial charge in [0.15, 0.2) is 11.5 Å². The second-order valence-corrected chi connectivity index (χ2v) is 9.53. The zero-order valence-corrected chi connectivity index (χ0v) is 20.2. The van der Waals surface area contributed by atoms with Crippen LogP contribution in [0.25, 0.3) is 0 Å². The van der Waals surface area contributed by atoms with Gasteiger partial charge in [0.1, 0.15) is 0 Å². The van der Waals surface area contributed by atoms with Crippen LogP contribution in [0.5, 0.6) is 11.5 Å². The Kier molecular flexibility index (Phi) is 8.48. The second kappa shape index (κ2) is 10.7. The number of nitrogens with one attached hydrogen (secondary N) is 1. The van der Waals surface area contributed by atoms with Gasteiger partial charge in [0, 0.05) is 25.3 Å². The Balaban J connectivity index is 2.11. The zero-order valence-electron chi connectivity index (χ0n) is 18.7. The summed E-state index contributed by atoms with van der Waals surface area (Å²) in [7, 11) is 2.21. The average molecular weight is 484 g/mol. The number of halogens is 1. The second-order valence-electron chi connectivity index (χ2n) is 6.97. The number of amides is 1. The highest BCUT2D eigenvalue weighted by molar-refractivity contribution is 7.89. The Bertz CT molecular complexity index is 1120. The summed E-state index contributed by atoms with van der Waals surface area (Å²) in [4.78, 5) is 17.8. The fraction of sp³-hybridized carbons (Fsp3) is 0.333. The lowest BCUT2D eigenvalue weighted by Crippen LogP contribution is -2.27. The summed E-state index contributed by atoms with van der Waals surface area (Å²) in [6.45, 7) is 3.27. The van der Waals surface area contributed by atoms with Crippen LogP contribution in [-0.4, -0.2) is 59.3 Å². The molecule has 1 N–H and O–H groups in total. The van der Waals surface area contributed by atoms with Crippen molar-refractivity contribution >= 4 is 39.4 Å². The number of aryl methyl sites for hydroxylation is 1. The van der Waals surface area contributed by atoms with E-state index in [2.05, 4.69) is 10.5 Å². The maximum absolute atomic E-state index is 12.5. The summed E-state index contributed by atoms with van der Waals surface area (Å²) in [5.41, 5.74) is 1.65. The Morgan fingerprint density at radius 1 is 1.19 bits per heavy atom. The minimum absolute atomic E-state index is 0.0697. The molecule has 11 heteroatoms. The largest absolute Gasteiger partial charge is 0.493 e. The van der Waals surface area contributed by atoms with Gasteiger partial charge in [0.25, 0.3) is 5.91 Å². The molecule has 0 aromatic heterocycles. The molecule has 0 fully saturated rings. The molecule has 174 valence electrons. The number of hydrogen-bond acceptors (Lipinski definition) is 7. The normalized spacial score (nSPS) is 12.6. The molecule has 9 nitrogen and oxygen atoms in total. The van der Waals surface area contributed by atoms with Gasteiger partial charge in [-0.3, -0.25) is 4.79 Å². The molecular formula is C21H26ClN3O6S. The molecule has 1 unspecified atom stereocenters. The minimum atomic E-state index is -3.63. The van der Waals surface area contributed by atoms with E-state index in [0.29, 0.717) is 33.3 Å². The SMILES string of the molecule is COc1cc(/C=N/OC(C)C(=O)Nc2cc(S(=O)(=O)N(C)C)ccc2C)cc(Cl)c1OC. The fourth-order valence-corrected chi connectivity index (χ4v) is 3.81. The molecule has 0 aliphatic carbocycles. The third kappa shape index (κ3) is 5.90. The van der Waals surface area contributed by atoms with Crippen LogP contribution in [0.1, 0.15) is 18.1 Å². The third-order valence-corrected chi connectivity index (χ3v) is 6.58. The van der Waals surface area contributed by atoms with Crippen molar-refractivity contribution in [3.63, 3.8) is 0 Å². The molecule has 1 atom stereocenters. The van der Waals surface area contributed by atoms with Gasteiger partial charge in [0.2, 0.25) is 16.1 Å². The number of sulfonamides is 1. The standard InChI is InChI=1S/C21H26ClN3O6S/c1-13-7-8-16(32(27,28)25(3)4)11-18(13)24-21(26)14(2)31-23-12-15-9-17(22)20(30-6)19(10-15)29-5/h7-12,14H,1-6H3,(H,24,26)/b23-12+. The van der Waals surface area contributed by atoms with Crippen LogP contribution < -0.4 is 14.8 Å². The van der Waals surface area contributed by atoms with Gasteiger partial charge in [-0.05, 0) is 43.7 Å². The Labute approximate surface area is 192 Å². The fourth-order valence-electron chi connectivity index (χ4n) is 2.58. The number of benzene rings is 2. The lowest BCUT2D eigenvalue weighted by Gasteiger charge is -2.15. The van der Waals surface area contributed by atoms with Crippen molar-refractivity contribution in [1.29, 1.82) is 0 Å². The van der Waals surface area contributed by atoms with Crippen LogP contribution >= 0.6 is 11.6 Å². The first-order valence-corrected chi connectivity index (χ1v) is 11.3. The molecule has 0 saturated heterocycles. The van der Waals surface area contributed by atoms with E-state index in [1.165, 1.54) is 53.6 Å². The van der Waals surface area contributed by atoms with E-state index >= 15 is 0 Å². The Morgan fingerprint density at radius 2 is 1.88 bits per heavy atom. The smallest absolute Gasteiger partial charge is 0.267 e. The number of nitrogens with zero attached hydrogens (tertiary/aromatic N) is 2. The summed E-state index contributed by atoms with van der Waals surface area (Å²) >= 11 is 6.16. The highest BCUT2D eigenvalue weighted by Crippen LogP contribution is 2.35. The number of methoxy groups -OCH3 is 2. The van der Waals surface area contributed by atoms with Crippen molar-refractivity contribution in [1.82, 2.24) is 4.31 Å². The molecule has 0 aliphatic rings. The maximum atomic E-state index is 12.5. The molecule has 0 heterocycles. The van der Waals surface area contributed by atoms with E-state index < -0.39 is 22.0 Å². The summed E-state index contributed by atoms with van der Waals surface area (Å²) in [6.07, 6.45) is 0.433. The lowest BCUT2D eigenvalue weighted by atomic mass is 10.2. The number of rotatable bonds is 9. The van der Waals surface area contributed by atoms with Gasteiger partial charge in [-0.25, -0.2) is 12.7 Å². The van der Waals surface area contributed by atoms with Crippen molar-refractivity contribution < 1.29 is 27.5 Å². The van der Waals surface area contributed by atoms with Gasteiger partial charge in [-0.2, -0.15) is 0 Å². The first-order valence-electron chi connectivity index (χ1n) is 9.46. The first kappa shape index (κ1) is 25.4. The van der Waals surface area contributed by atoms with Gasteiger partial charge < -0.3 is 19.6 Å². The van der Waals surface area contributed by atoms with E-state index in [1.54, 1.807) is 25.1 Å². The van der Waals surface area contributed by atoms with Gasteiger partial charge in [0.05, 0.1) is 30.4 Å². The van der Waals surface area contributed by atoms with Gasteiger partial charge in [-0.15, -0.1) is 0 Å². The van der Waals surface area contributed by atoms with Crippen LogP contribution in [0.3, 0.4) is 0 Å². The van der Waals surface area contributed by atoms with Crippen LogP contribution in [0.15, 0.2) is 40.4 Å². The molecule has 0 spiro atoms. The molecule has 32 heavy (non-hydrogen) atoms. The van der Waals surface area contributed by atoms with E-state index in [0.717, 1.165) is 4.31 Å². The van der Waals surface area contributed by atoms with Crippen molar-refractivity contribution in [2.24, 2.45) is 5.16 Å². The van der Waals surface area contributed by atoms with Crippen LogP contribution in [-0.2, 0) is 19.7 Å². The van der Waals surface area contributed by atoms with E-state index in [-0.39, 0.29) is 4.90 Å². The van der Waals surface area contributed by atoms with Crippen LogP contribution in [0.4, 0.5) is 5.69 Å². The number of hydrogen-bond donors (Lipinski definition) is 1. The molecule has 0 radical (unpaired) electrons. The minimum Gasteiger partial charge on any atom is -0.493 e. The van der Waals surface area contributed by atoms with Crippen molar-refractivity contribution in [2.45, 2.75) is 24.8 Å². The molecular weight excluding hydrogens is 458 g/mol. The van der Waals surface area contributed by atoms with Gasteiger partial charge in [-0.1, -0.05) is 22.8 Å². The van der Waals surface area contributed by atoms with Crippen LogP contribution in [0.2, 0.25) is 5.02 Å². The molecule has 1 amide bonds. The number of carbonyl (C=O) groups excluding carboxylic acids is 1. The summed E-state index contributed by atoms with van der Waals surface area (Å²) in [6, 6.07) is 7.78. The maximum Gasteiger partial charge on any atom is 0.267 e. The highest BCUT2D eigenvalue weighted by Gasteiger charge is 2.20. The Morgan fingerprint density at radius 3 is 2.47 bits per heavy atom. The number of ether oxygens (including phenoxy) is 2. The van der Waals surface area contributed by atoms with E-state index in [9.17, 15) is 13.2 Å². The molecule has 0 bridgehead atoms. The topological polar surface area (TPSA) is 107 Å². The van der Waals surface area contributed by atoms with Crippen molar-refractivity contribution in [2.75, 3.05) is 33.6 Å². The van der Waals surface area contributed by atoms with Gasteiger partial charge >= 0.3 is 0 Å². The number of anilines is 1. The predicted molar refractivity (Wildman–Crippen MR) is 123 cm³/mol. The molecule has 0 saturated carbocycles. The molecule has 2 aromatic carbocycles. The lowest BCUT2D eigenvalue weighted by molar-refractivity contribution is -0.126. The molecule has 0 aliphatic heterocycles. The number of oxime groups is 1. The van der Waals surface area contributed by atoms with E-state index in [1.807, 2.05) is 0 Å². The average Bonchev–Trinajstić information content (AvgIpc) is 2.74. The van der Waals surface area contributed by atoms with Crippen molar-refractivity contribution in [3.05, 3.63) is 46.5 Å². The summed E-state index contributed by atoms with van der Waals surface area (Å²) in [5, 5.41) is 6.84. The summed E-state index contributed by atoms with van der Waals surface area (Å²) < 4.78 is 36.2. The monoisotopic (exact) mass is 483 g/mol. The first-order chi connectivity index (χ1) is 15.0. The molecule has 2 aromatic rings. The van der Waals surface area contributed by atoms with E-state index in [4.69, 9.17) is 25.9 Å². The van der Waals surface area contributed by atoms with Crippen LogP contribution in [0, 0.1) is 6.92 Å². The number of carbonyl (C=O) groups is 1. The Hall–Kier alpha value is -2.82.